The number of hydrogen-bond acceptors (Lipinski definition) is 4. The summed E-state index contributed by atoms with van der Waals surface area (Å²) in [6.45, 7) is 7.52. The monoisotopic (exact) mass is 204 g/mol. The van der Waals surface area contributed by atoms with Gasteiger partial charge in [0.15, 0.2) is 6.29 Å². The summed E-state index contributed by atoms with van der Waals surface area (Å²) in [5, 5.41) is 18.9. The van der Waals surface area contributed by atoms with E-state index in [-0.39, 0.29) is 11.7 Å². The summed E-state index contributed by atoms with van der Waals surface area (Å²) in [7, 11) is 0. The molecule has 0 bridgehead atoms. The van der Waals surface area contributed by atoms with Crippen LogP contribution in [0.3, 0.4) is 0 Å². The van der Waals surface area contributed by atoms with Gasteiger partial charge in [-0.15, -0.1) is 0 Å². The molecule has 4 nitrogen and oxygen atoms in total. The molecule has 0 aliphatic carbocycles. The third-order valence-corrected chi connectivity index (χ3v) is 2.16. The molecule has 0 radical (unpaired) electrons. The SMILES string of the molecule is C[C@@H]1O[C@@H](OC(C)(C)C)C[C@H](O)[C@@H]1O. The van der Waals surface area contributed by atoms with Gasteiger partial charge in [-0.2, -0.15) is 0 Å². The average molecular weight is 204 g/mol. The standard InChI is InChI=1S/C10H20O4/c1-6-9(12)7(11)5-8(13-6)14-10(2,3)4/h6-9,11-12H,5H2,1-4H3/t6-,7-,8-,9+/m0/s1. The van der Waals surface area contributed by atoms with Gasteiger partial charge in [0.25, 0.3) is 0 Å². The topological polar surface area (TPSA) is 58.9 Å². The molecule has 14 heavy (non-hydrogen) atoms. The predicted octanol–water partition coefficient (Wildman–Crippen LogP) is 0.658. The van der Waals surface area contributed by atoms with Gasteiger partial charge < -0.3 is 19.7 Å². The van der Waals surface area contributed by atoms with Crippen LogP contribution in [0.2, 0.25) is 0 Å². The highest BCUT2D eigenvalue weighted by Gasteiger charge is 2.36. The second-order valence-electron chi connectivity index (χ2n) is 4.79. The van der Waals surface area contributed by atoms with Gasteiger partial charge in [0.05, 0.1) is 17.8 Å². The van der Waals surface area contributed by atoms with E-state index in [1.165, 1.54) is 0 Å². The number of aliphatic hydroxyl groups is 2. The third kappa shape index (κ3) is 3.20. The van der Waals surface area contributed by atoms with Crippen molar-refractivity contribution in [1.82, 2.24) is 0 Å². The Morgan fingerprint density at radius 1 is 1.29 bits per heavy atom. The first kappa shape index (κ1) is 11.9. The average Bonchev–Trinajstić information content (AvgIpc) is 1.96. The van der Waals surface area contributed by atoms with Crippen molar-refractivity contribution in [2.75, 3.05) is 0 Å². The smallest absolute Gasteiger partial charge is 0.161 e. The maximum atomic E-state index is 9.51. The van der Waals surface area contributed by atoms with Gasteiger partial charge in [0.2, 0.25) is 0 Å². The van der Waals surface area contributed by atoms with Crippen LogP contribution in [0.1, 0.15) is 34.1 Å². The minimum atomic E-state index is -0.810. The summed E-state index contributed by atoms with van der Waals surface area (Å²) in [6, 6.07) is 0. The van der Waals surface area contributed by atoms with Gasteiger partial charge in [-0.1, -0.05) is 0 Å². The van der Waals surface area contributed by atoms with Gasteiger partial charge in [-0.05, 0) is 27.7 Å². The van der Waals surface area contributed by atoms with Gasteiger partial charge in [-0.3, -0.25) is 0 Å². The Morgan fingerprint density at radius 2 is 1.86 bits per heavy atom. The van der Waals surface area contributed by atoms with Crippen LogP contribution < -0.4 is 0 Å². The van der Waals surface area contributed by atoms with Gasteiger partial charge in [-0.25, -0.2) is 0 Å². The van der Waals surface area contributed by atoms with Crippen LogP contribution in [-0.4, -0.2) is 40.4 Å². The Bertz CT molecular complexity index is 175. The van der Waals surface area contributed by atoms with E-state index in [0.29, 0.717) is 6.42 Å². The van der Waals surface area contributed by atoms with Crippen LogP contribution in [0.25, 0.3) is 0 Å². The zero-order valence-electron chi connectivity index (χ0n) is 9.23. The Hall–Kier alpha value is -0.160. The van der Waals surface area contributed by atoms with Gasteiger partial charge >= 0.3 is 0 Å². The highest BCUT2D eigenvalue weighted by Crippen LogP contribution is 2.24. The quantitative estimate of drug-likeness (QED) is 0.658. The zero-order valence-corrected chi connectivity index (χ0v) is 9.23. The van der Waals surface area contributed by atoms with Crippen molar-refractivity contribution >= 4 is 0 Å². The fourth-order valence-corrected chi connectivity index (χ4v) is 1.50. The second-order valence-corrected chi connectivity index (χ2v) is 4.79. The van der Waals surface area contributed by atoms with E-state index in [0.717, 1.165) is 0 Å². The lowest BCUT2D eigenvalue weighted by Crippen LogP contribution is -2.49. The van der Waals surface area contributed by atoms with Gasteiger partial charge in [0, 0.05) is 6.42 Å². The van der Waals surface area contributed by atoms with Crippen LogP contribution in [0.5, 0.6) is 0 Å². The molecule has 0 unspecified atom stereocenters. The molecule has 1 saturated heterocycles. The summed E-state index contributed by atoms with van der Waals surface area (Å²) < 4.78 is 11.0. The van der Waals surface area contributed by atoms with E-state index in [1.807, 2.05) is 20.8 Å². The Balaban J connectivity index is 2.50. The van der Waals surface area contributed by atoms with Crippen LogP contribution in [0.15, 0.2) is 0 Å². The Kier molecular flexibility index (Phi) is 3.53. The first-order chi connectivity index (χ1) is 6.29. The highest BCUT2D eigenvalue weighted by atomic mass is 16.7. The molecular formula is C10H20O4. The van der Waals surface area contributed by atoms with Gasteiger partial charge in [0.1, 0.15) is 6.10 Å². The molecule has 0 aromatic rings. The van der Waals surface area contributed by atoms with Crippen molar-refractivity contribution in [1.29, 1.82) is 0 Å². The third-order valence-electron chi connectivity index (χ3n) is 2.16. The predicted molar refractivity (Wildman–Crippen MR) is 51.8 cm³/mol. The fourth-order valence-electron chi connectivity index (χ4n) is 1.50. The molecule has 0 saturated carbocycles. The zero-order chi connectivity index (χ0) is 10.9. The normalized spacial score (nSPS) is 39.9. The summed E-state index contributed by atoms with van der Waals surface area (Å²) in [4.78, 5) is 0. The summed E-state index contributed by atoms with van der Waals surface area (Å²) >= 11 is 0. The lowest BCUT2D eigenvalue weighted by atomic mass is 10.0. The van der Waals surface area contributed by atoms with E-state index >= 15 is 0 Å². The lowest BCUT2D eigenvalue weighted by molar-refractivity contribution is -0.272. The summed E-state index contributed by atoms with van der Waals surface area (Å²) in [6.07, 6.45) is -2.06. The molecule has 1 fully saturated rings. The van der Waals surface area contributed by atoms with E-state index in [1.54, 1.807) is 6.92 Å². The molecule has 4 atom stereocenters. The highest BCUT2D eigenvalue weighted by molar-refractivity contribution is 4.80. The number of ether oxygens (including phenoxy) is 2. The molecule has 1 aliphatic heterocycles. The van der Waals surface area contributed by atoms with Crippen LogP contribution in [-0.2, 0) is 9.47 Å². The molecule has 0 aromatic heterocycles. The number of aliphatic hydroxyl groups excluding tert-OH is 2. The minimum Gasteiger partial charge on any atom is -0.390 e. The molecule has 1 aliphatic rings. The van der Waals surface area contributed by atoms with E-state index in [2.05, 4.69) is 0 Å². The molecule has 84 valence electrons. The van der Waals surface area contributed by atoms with Crippen LogP contribution >= 0.6 is 0 Å². The van der Waals surface area contributed by atoms with Crippen molar-refractivity contribution in [3.8, 4) is 0 Å². The fraction of sp³-hybridized carbons (Fsp3) is 1.00. The molecule has 2 N–H and O–H groups in total. The van der Waals surface area contributed by atoms with E-state index in [4.69, 9.17) is 9.47 Å². The minimum absolute atomic E-state index is 0.299. The first-order valence-electron chi connectivity index (χ1n) is 4.99. The van der Waals surface area contributed by atoms with E-state index in [9.17, 15) is 10.2 Å². The van der Waals surface area contributed by atoms with Crippen molar-refractivity contribution < 1.29 is 19.7 Å². The largest absolute Gasteiger partial charge is 0.390 e. The molecule has 0 amide bonds. The Morgan fingerprint density at radius 3 is 2.29 bits per heavy atom. The molecule has 1 heterocycles. The van der Waals surface area contributed by atoms with Crippen LogP contribution in [0.4, 0.5) is 0 Å². The van der Waals surface area contributed by atoms with Crippen molar-refractivity contribution in [3.63, 3.8) is 0 Å². The summed E-state index contributed by atoms with van der Waals surface area (Å²) in [5.41, 5.74) is -0.299. The molecule has 1 rings (SSSR count). The lowest BCUT2D eigenvalue weighted by Gasteiger charge is -2.38. The molecule has 4 heteroatoms. The number of hydrogen-bond donors (Lipinski definition) is 2. The van der Waals surface area contributed by atoms with Crippen LogP contribution in [0, 0.1) is 0 Å². The maximum absolute atomic E-state index is 9.51. The Labute approximate surface area is 84.8 Å². The van der Waals surface area contributed by atoms with E-state index < -0.39 is 18.5 Å². The molecule has 0 spiro atoms. The number of rotatable bonds is 1. The van der Waals surface area contributed by atoms with Crippen molar-refractivity contribution in [3.05, 3.63) is 0 Å². The summed E-state index contributed by atoms with van der Waals surface area (Å²) in [5.74, 6) is 0. The molecular weight excluding hydrogens is 184 g/mol. The molecule has 0 aromatic carbocycles. The van der Waals surface area contributed by atoms with Crippen molar-refractivity contribution in [2.45, 2.75) is 64.3 Å². The first-order valence-corrected chi connectivity index (χ1v) is 4.99. The second kappa shape index (κ2) is 4.14. The van der Waals surface area contributed by atoms with Crippen molar-refractivity contribution in [2.24, 2.45) is 0 Å². The maximum Gasteiger partial charge on any atom is 0.161 e.